The SMILES string of the molecule is O=C(Nc1ncccn1)[C@H](CC1CCOCC1)c1ccc(S(=O)(=O)C2CC2)cc1. The van der Waals surface area contributed by atoms with Gasteiger partial charge in [0.1, 0.15) is 0 Å². The zero-order valence-corrected chi connectivity index (χ0v) is 17.0. The minimum absolute atomic E-state index is 0.180. The molecular formula is C21H25N3O4S. The Balaban J connectivity index is 1.56. The molecule has 29 heavy (non-hydrogen) atoms. The van der Waals surface area contributed by atoms with E-state index in [1.165, 1.54) is 0 Å². The molecule has 2 aromatic rings. The van der Waals surface area contributed by atoms with E-state index >= 15 is 0 Å². The van der Waals surface area contributed by atoms with Crippen molar-refractivity contribution in [2.75, 3.05) is 18.5 Å². The second-order valence-electron chi connectivity index (χ2n) is 7.72. The lowest BCUT2D eigenvalue weighted by molar-refractivity contribution is -0.118. The first kappa shape index (κ1) is 20.0. The average Bonchev–Trinajstić information content (AvgIpc) is 3.60. The molecule has 2 aliphatic rings. The molecule has 1 aromatic carbocycles. The van der Waals surface area contributed by atoms with Gasteiger partial charge in [0.15, 0.2) is 9.84 Å². The summed E-state index contributed by atoms with van der Waals surface area (Å²) in [6.45, 7) is 1.42. The number of ether oxygens (including phenoxy) is 1. The standard InChI is InChI=1S/C21H25N3O4S/c25-20(24-21-22-10-1-11-23-21)19(14-15-8-12-28-13-9-15)16-2-4-17(5-3-16)29(26,27)18-6-7-18/h1-5,10-11,15,18-19H,6-9,12-14H2,(H,22,23,24,25)/t19-/m1/s1. The van der Waals surface area contributed by atoms with Gasteiger partial charge in [-0.1, -0.05) is 12.1 Å². The van der Waals surface area contributed by atoms with Crippen LogP contribution in [0.25, 0.3) is 0 Å². The molecule has 0 bridgehead atoms. The number of hydrogen-bond donors (Lipinski definition) is 1. The zero-order valence-electron chi connectivity index (χ0n) is 16.2. The number of carbonyl (C=O) groups is 1. The van der Waals surface area contributed by atoms with Gasteiger partial charge in [-0.05, 0) is 61.8 Å². The number of rotatable bonds is 7. The predicted octanol–water partition coefficient (Wildman–Crippen LogP) is 2.95. The van der Waals surface area contributed by atoms with Crippen molar-refractivity contribution in [2.45, 2.75) is 48.2 Å². The van der Waals surface area contributed by atoms with Gasteiger partial charge in [0, 0.05) is 25.6 Å². The molecule has 0 spiro atoms. The first-order valence-corrected chi connectivity index (χ1v) is 11.6. The van der Waals surface area contributed by atoms with Crippen LogP contribution in [0.5, 0.6) is 0 Å². The van der Waals surface area contributed by atoms with E-state index < -0.39 is 15.8 Å². The molecule has 1 aliphatic carbocycles. The van der Waals surface area contributed by atoms with Gasteiger partial charge in [-0.25, -0.2) is 18.4 Å². The van der Waals surface area contributed by atoms with Crippen LogP contribution in [-0.2, 0) is 19.4 Å². The Morgan fingerprint density at radius 2 is 1.72 bits per heavy atom. The third-order valence-corrected chi connectivity index (χ3v) is 7.88. The predicted molar refractivity (Wildman–Crippen MR) is 108 cm³/mol. The molecule has 2 fully saturated rings. The lowest BCUT2D eigenvalue weighted by Gasteiger charge is -2.26. The highest BCUT2D eigenvalue weighted by atomic mass is 32.2. The molecule has 1 saturated carbocycles. The van der Waals surface area contributed by atoms with Crippen LogP contribution in [0.3, 0.4) is 0 Å². The molecule has 1 amide bonds. The van der Waals surface area contributed by atoms with Gasteiger partial charge < -0.3 is 4.74 Å². The van der Waals surface area contributed by atoms with Crippen LogP contribution in [0.1, 0.15) is 43.6 Å². The number of benzene rings is 1. The lowest BCUT2D eigenvalue weighted by Crippen LogP contribution is -2.26. The van der Waals surface area contributed by atoms with Crippen molar-refractivity contribution >= 4 is 21.7 Å². The van der Waals surface area contributed by atoms with E-state index in [0.717, 1.165) is 31.2 Å². The van der Waals surface area contributed by atoms with E-state index in [2.05, 4.69) is 15.3 Å². The number of hydrogen-bond acceptors (Lipinski definition) is 6. The molecule has 1 N–H and O–H groups in total. The van der Waals surface area contributed by atoms with Crippen molar-refractivity contribution in [3.63, 3.8) is 0 Å². The van der Waals surface area contributed by atoms with Crippen molar-refractivity contribution in [1.82, 2.24) is 9.97 Å². The minimum Gasteiger partial charge on any atom is -0.381 e. The highest BCUT2D eigenvalue weighted by molar-refractivity contribution is 7.92. The molecular weight excluding hydrogens is 390 g/mol. The number of anilines is 1. The third kappa shape index (κ3) is 4.82. The molecule has 4 rings (SSSR count). The maximum atomic E-state index is 13.0. The Kier molecular flexibility index (Phi) is 5.91. The fourth-order valence-electron chi connectivity index (χ4n) is 3.73. The zero-order chi connectivity index (χ0) is 20.3. The first-order valence-electron chi connectivity index (χ1n) is 10.0. The molecule has 7 nitrogen and oxygen atoms in total. The fourth-order valence-corrected chi connectivity index (χ4v) is 5.39. The average molecular weight is 416 g/mol. The Labute approximate surface area is 170 Å². The molecule has 2 heterocycles. The van der Waals surface area contributed by atoms with Gasteiger partial charge in [-0.15, -0.1) is 0 Å². The minimum atomic E-state index is -3.24. The summed E-state index contributed by atoms with van der Waals surface area (Å²) in [6.07, 6.45) is 7.13. The molecule has 154 valence electrons. The lowest BCUT2D eigenvalue weighted by atomic mass is 9.84. The third-order valence-electron chi connectivity index (χ3n) is 5.60. The summed E-state index contributed by atoms with van der Waals surface area (Å²) in [5.74, 6) is 0.0635. The molecule has 0 unspecified atom stereocenters. The summed E-state index contributed by atoms with van der Waals surface area (Å²) < 4.78 is 30.4. The van der Waals surface area contributed by atoms with Crippen LogP contribution in [0.2, 0.25) is 0 Å². The maximum Gasteiger partial charge on any atom is 0.234 e. The van der Waals surface area contributed by atoms with E-state index in [0.29, 0.717) is 30.4 Å². The Morgan fingerprint density at radius 1 is 1.07 bits per heavy atom. The van der Waals surface area contributed by atoms with Crippen molar-refractivity contribution < 1.29 is 17.9 Å². The van der Waals surface area contributed by atoms with Crippen LogP contribution < -0.4 is 5.32 Å². The first-order chi connectivity index (χ1) is 14.0. The van der Waals surface area contributed by atoms with Crippen molar-refractivity contribution in [1.29, 1.82) is 0 Å². The molecule has 8 heteroatoms. The highest BCUT2D eigenvalue weighted by Crippen LogP contribution is 2.35. The molecule has 1 atom stereocenters. The Morgan fingerprint density at radius 3 is 2.34 bits per heavy atom. The molecule has 1 aromatic heterocycles. The van der Waals surface area contributed by atoms with E-state index in [-0.39, 0.29) is 17.1 Å². The van der Waals surface area contributed by atoms with Gasteiger partial charge >= 0.3 is 0 Å². The second-order valence-corrected chi connectivity index (χ2v) is 9.95. The number of sulfone groups is 1. The summed E-state index contributed by atoms with van der Waals surface area (Å²) in [6, 6.07) is 8.49. The van der Waals surface area contributed by atoms with Crippen LogP contribution in [0.4, 0.5) is 5.95 Å². The monoisotopic (exact) mass is 415 g/mol. The van der Waals surface area contributed by atoms with Gasteiger partial charge in [0.25, 0.3) is 0 Å². The van der Waals surface area contributed by atoms with E-state index in [1.807, 2.05) is 0 Å². The largest absolute Gasteiger partial charge is 0.381 e. The topological polar surface area (TPSA) is 98.2 Å². The van der Waals surface area contributed by atoms with E-state index in [9.17, 15) is 13.2 Å². The van der Waals surface area contributed by atoms with Crippen LogP contribution in [0, 0.1) is 5.92 Å². The summed E-state index contributed by atoms with van der Waals surface area (Å²) in [5, 5.41) is 2.55. The molecule has 1 aliphatic heterocycles. The molecule has 0 radical (unpaired) electrons. The smallest absolute Gasteiger partial charge is 0.234 e. The second kappa shape index (κ2) is 8.59. The number of nitrogens with zero attached hydrogens (tertiary/aromatic N) is 2. The van der Waals surface area contributed by atoms with E-state index in [1.54, 1.807) is 42.7 Å². The number of nitrogens with one attached hydrogen (secondary N) is 1. The van der Waals surface area contributed by atoms with Crippen molar-refractivity contribution in [3.8, 4) is 0 Å². The number of aromatic nitrogens is 2. The van der Waals surface area contributed by atoms with Crippen LogP contribution in [-0.4, -0.2) is 42.8 Å². The van der Waals surface area contributed by atoms with Gasteiger partial charge in [-0.3, -0.25) is 10.1 Å². The summed E-state index contributed by atoms with van der Waals surface area (Å²) in [4.78, 5) is 21.5. The summed E-state index contributed by atoms with van der Waals surface area (Å²) >= 11 is 0. The van der Waals surface area contributed by atoms with Gasteiger partial charge in [0.2, 0.25) is 11.9 Å². The summed E-state index contributed by atoms with van der Waals surface area (Å²) in [5.41, 5.74) is 0.805. The Hall–Kier alpha value is -2.32. The summed E-state index contributed by atoms with van der Waals surface area (Å²) in [7, 11) is -3.24. The normalized spacial score (nSPS) is 18.9. The van der Waals surface area contributed by atoms with Crippen molar-refractivity contribution in [3.05, 3.63) is 48.3 Å². The maximum absolute atomic E-state index is 13.0. The quantitative estimate of drug-likeness (QED) is 0.747. The Bertz CT molecular complexity index is 938. The van der Waals surface area contributed by atoms with Crippen LogP contribution in [0.15, 0.2) is 47.6 Å². The van der Waals surface area contributed by atoms with Crippen LogP contribution >= 0.6 is 0 Å². The number of carbonyl (C=O) groups excluding carboxylic acids is 1. The molecule has 1 saturated heterocycles. The fraction of sp³-hybridized carbons (Fsp3) is 0.476. The highest BCUT2D eigenvalue weighted by Gasteiger charge is 2.37. The number of amides is 1. The van der Waals surface area contributed by atoms with E-state index in [4.69, 9.17) is 4.74 Å². The van der Waals surface area contributed by atoms with Gasteiger partial charge in [0.05, 0.1) is 16.1 Å². The van der Waals surface area contributed by atoms with Crippen molar-refractivity contribution in [2.24, 2.45) is 5.92 Å². The van der Waals surface area contributed by atoms with Gasteiger partial charge in [-0.2, -0.15) is 0 Å².